The first-order chi connectivity index (χ1) is 7.09. The first kappa shape index (κ1) is 10.6. The van der Waals surface area contributed by atoms with Gasteiger partial charge in [-0.05, 0) is 36.1 Å². The predicted octanol–water partition coefficient (Wildman–Crippen LogP) is 3.56. The first-order valence-corrected chi connectivity index (χ1v) is 5.45. The lowest BCUT2D eigenvalue weighted by Gasteiger charge is -2.16. The number of hydrogen-bond acceptors (Lipinski definition) is 1. The monoisotopic (exact) mass is 226 g/mol. The van der Waals surface area contributed by atoms with E-state index in [9.17, 15) is 9.18 Å². The third-order valence-corrected chi connectivity index (χ3v) is 3.51. The number of carbonyl (C=O) groups excluding carboxylic acids is 1. The molecule has 80 valence electrons. The van der Waals surface area contributed by atoms with Crippen molar-refractivity contribution in [1.29, 1.82) is 0 Å². The zero-order valence-corrected chi connectivity index (χ0v) is 9.22. The summed E-state index contributed by atoms with van der Waals surface area (Å²) in [6, 6.07) is 4.34. The van der Waals surface area contributed by atoms with Crippen LogP contribution < -0.4 is 0 Å². The summed E-state index contributed by atoms with van der Waals surface area (Å²) < 4.78 is 13.1. The molecule has 0 saturated heterocycles. The Balaban J connectivity index is 2.37. The molecule has 0 heterocycles. The standard InChI is InChI=1S/C12H12ClFO/c1-7-9(3-5-12(7)15)10-6-8(14)2-4-11(10)13/h2,4,6-7,9H,3,5H2,1H3. The molecule has 0 aliphatic heterocycles. The summed E-state index contributed by atoms with van der Waals surface area (Å²) in [4.78, 5) is 11.4. The molecule has 2 rings (SSSR count). The lowest BCUT2D eigenvalue weighted by molar-refractivity contribution is -0.120. The second-order valence-electron chi connectivity index (χ2n) is 4.07. The SMILES string of the molecule is CC1C(=O)CCC1c1cc(F)ccc1Cl. The Kier molecular flexibility index (Phi) is 2.79. The summed E-state index contributed by atoms with van der Waals surface area (Å²) >= 11 is 6.01. The van der Waals surface area contributed by atoms with Crippen LogP contribution in [0.5, 0.6) is 0 Å². The molecule has 1 fully saturated rings. The molecular weight excluding hydrogens is 215 g/mol. The maximum absolute atomic E-state index is 13.1. The van der Waals surface area contributed by atoms with Gasteiger partial charge in [0.15, 0.2) is 0 Å². The van der Waals surface area contributed by atoms with E-state index in [4.69, 9.17) is 11.6 Å². The molecule has 1 aliphatic carbocycles. The predicted molar refractivity (Wildman–Crippen MR) is 57.6 cm³/mol. The number of rotatable bonds is 1. The molecule has 1 aromatic rings. The lowest BCUT2D eigenvalue weighted by Crippen LogP contribution is -2.09. The molecule has 0 bridgehead atoms. The van der Waals surface area contributed by atoms with Gasteiger partial charge in [0, 0.05) is 17.4 Å². The fraction of sp³-hybridized carbons (Fsp3) is 0.417. The Labute approximate surface area is 93.2 Å². The van der Waals surface area contributed by atoms with Crippen molar-refractivity contribution in [3.8, 4) is 0 Å². The van der Waals surface area contributed by atoms with Crippen LogP contribution in [0.15, 0.2) is 18.2 Å². The van der Waals surface area contributed by atoms with Gasteiger partial charge in [0.1, 0.15) is 11.6 Å². The molecule has 1 saturated carbocycles. The molecule has 0 aromatic heterocycles. The zero-order chi connectivity index (χ0) is 11.0. The van der Waals surface area contributed by atoms with Gasteiger partial charge in [-0.3, -0.25) is 4.79 Å². The highest BCUT2D eigenvalue weighted by molar-refractivity contribution is 6.31. The van der Waals surface area contributed by atoms with Gasteiger partial charge in [-0.15, -0.1) is 0 Å². The summed E-state index contributed by atoms with van der Waals surface area (Å²) in [5.41, 5.74) is 0.773. The minimum atomic E-state index is -0.291. The van der Waals surface area contributed by atoms with E-state index in [1.54, 1.807) is 6.07 Å². The van der Waals surface area contributed by atoms with Crippen LogP contribution in [0.25, 0.3) is 0 Å². The number of carbonyl (C=O) groups is 1. The highest BCUT2D eigenvalue weighted by Crippen LogP contribution is 2.40. The van der Waals surface area contributed by atoms with Crippen molar-refractivity contribution in [3.05, 3.63) is 34.6 Å². The maximum Gasteiger partial charge on any atom is 0.136 e. The smallest absolute Gasteiger partial charge is 0.136 e. The Morgan fingerprint density at radius 2 is 2.20 bits per heavy atom. The molecular formula is C12H12ClFO. The van der Waals surface area contributed by atoms with Gasteiger partial charge in [0.2, 0.25) is 0 Å². The van der Waals surface area contributed by atoms with Crippen LogP contribution in [0.2, 0.25) is 5.02 Å². The van der Waals surface area contributed by atoms with Crippen LogP contribution in [-0.4, -0.2) is 5.78 Å². The van der Waals surface area contributed by atoms with Gasteiger partial charge in [-0.2, -0.15) is 0 Å². The van der Waals surface area contributed by atoms with Crippen LogP contribution in [-0.2, 0) is 4.79 Å². The molecule has 0 amide bonds. The molecule has 1 aromatic carbocycles. The largest absolute Gasteiger partial charge is 0.299 e. The quantitative estimate of drug-likeness (QED) is 0.716. The lowest BCUT2D eigenvalue weighted by atomic mass is 9.90. The van der Waals surface area contributed by atoms with Crippen molar-refractivity contribution in [2.45, 2.75) is 25.7 Å². The molecule has 15 heavy (non-hydrogen) atoms. The second kappa shape index (κ2) is 3.93. The van der Waals surface area contributed by atoms with Gasteiger partial charge in [-0.1, -0.05) is 18.5 Å². The summed E-state index contributed by atoms with van der Waals surface area (Å²) in [6.45, 7) is 1.89. The van der Waals surface area contributed by atoms with Crippen molar-refractivity contribution >= 4 is 17.4 Å². The zero-order valence-electron chi connectivity index (χ0n) is 8.47. The summed E-state index contributed by atoms with van der Waals surface area (Å²) in [7, 11) is 0. The van der Waals surface area contributed by atoms with E-state index in [2.05, 4.69) is 0 Å². The second-order valence-corrected chi connectivity index (χ2v) is 4.47. The summed E-state index contributed by atoms with van der Waals surface area (Å²) in [5, 5.41) is 0.558. The van der Waals surface area contributed by atoms with Crippen LogP contribution in [0.3, 0.4) is 0 Å². The average Bonchev–Trinajstić information content (AvgIpc) is 2.52. The number of halogens is 2. The van der Waals surface area contributed by atoms with Gasteiger partial charge in [0.25, 0.3) is 0 Å². The Morgan fingerprint density at radius 1 is 1.47 bits per heavy atom. The molecule has 3 heteroatoms. The van der Waals surface area contributed by atoms with E-state index in [1.165, 1.54) is 12.1 Å². The fourth-order valence-corrected chi connectivity index (χ4v) is 2.48. The number of ketones is 1. The number of Topliss-reactive ketones (excluding diaryl/α,β-unsaturated/α-hetero) is 1. The molecule has 0 radical (unpaired) electrons. The van der Waals surface area contributed by atoms with E-state index in [1.807, 2.05) is 6.92 Å². The van der Waals surface area contributed by atoms with Crippen LogP contribution >= 0.6 is 11.6 Å². The number of benzene rings is 1. The maximum atomic E-state index is 13.1. The Bertz CT molecular complexity index is 403. The van der Waals surface area contributed by atoms with Gasteiger partial charge in [0.05, 0.1) is 0 Å². The van der Waals surface area contributed by atoms with Crippen molar-refractivity contribution in [2.75, 3.05) is 0 Å². The third-order valence-electron chi connectivity index (χ3n) is 3.17. The average molecular weight is 227 g/mol. The highest BCUT2D eigenvalue weighted by Gasteiger charge is 2.33. The molecule has 1 aliphatic rings. The molecule has 0 N–H and O–H groups in total. The third kappa shape index (κ3) is 1.91. The first-order valence-electron chi connectivity index (χ1n) is 5.07. The minimum absolute atomic E-state index is 0.0377. The van der Waals surface area contributed by atoms with Gasteiger partial charge >= 0.3 is 0 Å². The van der Waals surface area contributed by atoms with Gasteiger partial charge in [-0.25, -0.2) is 4.39 Å². The topological polar surface area (TPSA) is 17.1 Å². The van der Waals surface area contributed by atoms with Crippen molar-refractivity contribution < 1.29 is 9.18 Å². The molecule has 1 nitrogen and oxygen atoms in total. The van der Waals surface area contributed by atoms with Crippen molar-refractivity contribution in [3.63, 3.8) is 0 Å². The van der Waals surface area contributed by atoms with E-state index in [0.29, 0.717) is 11.4 Å². The van der Waals surface area contributed by atoms with E-state index < -0.39 is 0 Å². The Morgan fingerprint density at radius 3 is 2.80 bits per heavy atom. The van der Waals surface area contributed by atoms with E-state index in [-0.39, 0.29) is 23.4 Å². The molecule has 2 unspecified atom stereocenters. The number of hydrogen-bond donors (Lipinski definition) is 0. The molecule has 0 spiro atoms. The normalized spacial score (nSPS) is 25.9. The van der Waals surface area contributed by atoms with Crippen LogP contribution in [0.4, 0.5) is 4.39 Å². The summed E-state index contributed by atoms with van der Waals surface area (Å²) in [5.74, 6) is 0.00581. The van der Waals surface area contributed by atoms with Crippen molar-refractivity contribution in [2.24, 2.45) is 5.92 Å². The van der Waals surface area contributed by atoms with E-state index >= 15 is 0 Å². The van der Waals surface area contributed by atoms with Crippen molar-refractivity contribution in [1.82, 2.24) is 0 Å². The Hall–Kier alpha value is -0.890. The molecule has 2 atom stereocenters. The summed E-state index contributed by atoms with van der Waals surface area (Å²) in [6.07, 6.45) is 1.36. The fourth-order valence-electron chi connectivity index (χ4n) is 2.22. The van der Waals surface area contributed by atoms with Gasteiger partial charge < -0.3 is 0 Å². The van der Waals surface area contributed by atoms with Crippen LogP contribution in [0.1, 0.15) is 31.2 Å². The minimum Gasteiger partial charge on any atom is -0.299 e. The highest BCUT2D eigenvalue weighted by atomic mass is 35.5. The van der Waals surface area contributed by atoms with Crippen LogP contribution in [0, 0.1) is 11.7 Å². The van der Waals surface area contributed by atoms with E-state index in [0.717, 1.165) is 12.0 Å².